The topological polar surface area (TPSA) is 52.0 Å². The fourth-order valence-electron chi connectivity index (χ4n) is 11.9. The van der Waals surface area contributed by atoms with Gasteiger partial charge in [0, 0.05) is 11.4 Å². The van der Waals surface area contributed by atoms with E-state index in [4.69, 9.17) is 11.5 Å². The lowest BCUT2D eigenvalue weighted by atomic mass is 9.39. The molecule has 0 spiro atoms. The Morgan fingerprint density at radius 2 is 1.25 bits per heavy atom. The second-order valence-corrected chi connectivity index (χ2v) is 16.8. The number of rotatable bonds is 8. The van der Waals surface area contributed by atoms with Gasteiger partial charge in [-0.15, -0.1) is 0 Å². The van der Waals surface area contributed by atoms with Gasteiger partial charge in [-0.2, -0.15) is 0 Å². The summed E-state index contributed by atoms with van der Waals surface area (Å²) < 4.78 is 0. The largest absolute Gasteiger partial charge is 0.399 e. The van der Waals surface area contributed by atoms with Crippen molar-refractivity contribution in [2.24, 2.45) is 63.6 Å². The van der Waals surface area contributed by atoms with Crippen LogP contribution >= 0.6 is 0 Å². The predicted octanol–water partition coefficient (Wildman–Crippen LogP) is 14.7. The highest BCUT2D eigenvalue weighted by atomic mass is 14.7. The van der Waals surface area contributed by atoms with Crippen LogP contribution in [-0.4, -0.2) is 0 Å². The Labute approximate surface area is 302 Å². The van der Waals surface area contributed by atoms with E-state index in [1.54, 1.807) is 0 Å². The molecule has 0 saturated heterocycles. The molecule has 48 heavy (non-hydrogen) atoms. The Kier molecular flexibility index (Phi) is 18.4. The fraction of sp³-hybridized carbons (Fsp3) is 0.826. The number of hydrogen-bond acceptors (Lipinski definition) is 2. The van der Waals surface area contributed by atoms with Gasteiger partial charge in [-0.05, 0) is 151 Å². The molecular formula is C46H86N2. The van der Waals surface area contributed by atoms with E-state index in [0.717, 1.165) is 64.8 Å². The molecule has 2 heteroatoms. The molecule has 0 bridgehead atoms. The molecule has 2 nitrogen and oxygen atoms in total. The molecule has 0 radical (unpaired) electrons. The number of nitrogens with two attached hydrogens (primary N) is 2. The van der Waals surface area contributed by atoms with Crippen LogP contribution in [0.4, 0.5) is 11.4 Å². The maximum absolute atomic E-state index is 6.13. The minimum Gasteiger partial charge on any atom is -0.399 e. The first-order valence-electron chi connectivity index (χ1n) is 21.1. The fourth-order valence-corrected chi connectivity index (χ4v) is 11.9. The van der Waals surface area contributed by atoms with Crippen molar-refractivity contribution in [3.63, 3.8) is 0 Å². The van der Waals surface area contributed by atoms with Crippen molar-refractivity contribution >= 4 is 16.9 Å². The van der Waals surface area contributed by atoms with Crippen LogP contribution in [0.15, 0.2) is 24.8 Å². The van der Waals surface area contributed by atoms with Crippen molar-refractivity contribution in [2.75, 3.05) is 11.5 Å². The van der Waals surface area contributed by atoms with Gasteiger partial charge in [0.25, 0.3) is 0 Å². The van der Waals surface area contributed by atoms with Gasteiger partial charge >= 0.3 is 0 Å². The van der Waals surface area contributed by atoms with Crippen molar-refractivity contribution in [3.8, 4) is 0 Å². The molecule has 4 fully saturated rings. The summed E-state index contributed by atoms with van der Waals surface area (Å²) in [7, 11) is 0. The first-order valence-corrected chi connectivity index (χ1v) is 21.1. The van der Waals surface area contributed by atoms with Gasteiger partial charge in [-0.1, -0.05) is 130 Å². The number of fused-ring (bicyclic) bond motifs is 5. The molecule has 0 heterocycles. The summed E-state index contributed by atoms with van der Waals surface area (Å²) in [5.41, 5.74) is 17.5. The lowest BCUT2D eigenvalue weighted by molar-refractivity contribution is -0.162. The lowest BCUT2D eigenvalue weighted by Gasteiger charge is -2.65. The van der Waals surface area contributed by atoms with Crippen LogP contribution in [0.5, 0.6) is 0 Å². The second kappa shape index (κ2) is 19.8. The Morgan fingerprint density at radius 3 is 1.81 bits per heavy atom. The van der Waals surface area contributed by atoms with E-state index in [0.29, 0.717) is 22.2 Å². The zero-order valence-electron chi connectivity index (χ0n) is 35.2. The van der Waals surface area contributed by atoms with Gasteiger partial charge in [0.1, 0.15) is 0 Å². The summed E-state index contributed by atoms with van der Waals surface area (Å²) >= 11 is 0. The maximum atomic E-state index is 6.13. The molecule has 1 aromatic carbocycles. The zero-order chi connectivity index (χ0) is 37.0. The molecule has 280 valence electrons. The minimum absolute atomic E-state index is 0.330. The van der Waals surface area contributed by atoms with Gasteiger partial charge in [0.2, 0.25) is 0 Å². The number of anilines is 2. The molecule has 9 atom stereocenters. The highest BCUT2D eigenvalue weighted by molar-refractivity contribution is 5.70. The van der Waals surface area contributed by atoms with E-state index in [9.17, 15) is 0 Å². The smallest absolute Gasteiger partial charge is 0.0340 e. The third-order valence-corrected chi connectivity index (χ3v) is 13.9. The van der Waals surface area contributed by atoms with Crippen molar-refractivity contribution in [3.05, 3.63) is 30.3 Å². The average Bonchev–Trinajstić information content (AvgIpc) is 3.43. The van der Waals surface area contributed by atoms with Crippen molar-refractivity contribution < 1.29 is 0 Å². The summed E-state index contributed by atoms with van der Waals surface area (Å²) in [5, 5.41) is 0. The van der Waals surface area contributed by atoms with Crippen LogP contribution in [0, 0.1) is 63.6 Å². The van der Waals surface area contributed by atoms with E-state index < -0.39 is 0 Å². The summed E-state index contributed by atoms with van der Waals surface area (Å²) in [6, 6.07) is 5.96. The van der Waals surface area contributed by atoms with Gasteiger partial charge in [0.15, 0.2) is 0 Å². The molecule has 4 aliphatic rings. The second-order valence-electron chi connectivity index (χ2n) is 16.8. The third-order valence-electron chi connectivity index (χ3n) is 13.9. The molecular weight excluding hydrogens is 581 g/mol. The normalized spacial score (nSPS) is 33.2. The molecule has 0 amide bonds. The highest BCUT2D eigenvalue weighted by Gasteiger charge is 2.63. The third kappa shape index (κ3) is 9.46. The van der Waals surface area contributed by atoms with Crippen LogP contribution < -0.4 is 11.5 Å². The molecule has 9 unspecified atom stereocenters. The van der Waals surface area contributed by atoms with E-state index in [1.807, 2.05) is 61.5 Å². The standard InChI is InChI=1S/C38H62N2.4C2H6/c1-24(2)10-9-11-25(3)32-13-14-33-31-12-15-35-36(5,6)28(20-26(4)27-21-29(39)23-30(40)22-27)16-18-38(35,8)34(31)17-19-37(32,33)7;4*1-2/h21-25,28,31-35H,4,9-20,39-40H2,1-3,5-8H3;4*1-2H3. The number of hydrogen-bond donors (Lipinski definition) is 2. The summed E-state index contributed by atoms with van der Waals surface area (Å²) in [6.07, 6.45) is 16.9. The van der Waals surface area contributed by atoms with Gasteiger partial charge in [0.05, 0.1) is 0 Å². The zero-order valence-corrected chi connectivity index (χ0v) is 35.2. The van der Waals surface area contributed by atoms with Crippen molar-refractivity contribution in [1.29, 1.82) is 0 Å². The molecule has 0 aromatic heterocycles. The molecule has 0 aliphatic heterocycles. The number of allylic oxidation sites excluding steroid dienone is 1. The number of benzene rings is 1. The molecule has 4 N–H and O–H groups in total. The summed E-state index contributed by atoms with van der Waals surface area (Å²) in [4.78, 5) is 0. The quantitative estimate of drug-likeness (QED) is 0.271. The van der Waals surface area contributed by atoms with E-state index >= 15 is 0 Å². The van der Waals surface area contributed by atoms with Crippen molar-refractivity contribution in [2.45, 2.75) is 181 Å². The first-order chi connectivity index (χ1) is 22.8. The van der Waals surface area contributed by atoms with E-state index in [2.05, 4.69) is 67.2 Å². The molecule has 4 saturated carbocycles. The van der Waals surface area contributed by atoms with E-state index in [1.165, 1.54) is 76.2 Å². The summed E-state index contributed by atoms with van der Waals surface area (Å²) in [6.45, 7) is 38.6. The molecule has 4 aliphatic carbocycles. The van der Waals surface area contributed by atoms with Crippen LogP contribution in [-0.2, 0) is 0 Å². The van der Waals surface area contributed by atoms with Crippen LogP contribution in [0.3, 0.4) is 0 Å². The van der Waals surface area contributed by atoms with Gasteiger partial charge < -0.3 is 11.5 Å². The predicted molar refractivity (Wildman–Crippen MR) is 220 cm³/mol. The van der Waals surface area contributed by atoms with E-state index in [-0.39, 0.29) is 0 Å². The Hall–Kier alpha value is -1.44. The van der Waals surface area contributed by atoms with Crippen molar-refractivity contribution in [1.82, 2.24) is 0 Å². The maximum Gasteiger partial charge on any atom is 0.0340 e. The van der Waals surface area contributed by atoms with Crippen LogP contribution in [0.2, 0.25) is 0 Å². The number of nitrogen functional groups attached to an aromatic ring is 2. The SMILES string of the molecule is C=C(CC1CCC2(C)C3CCC4(C)C(C(C)CCCC(C)C)CCC4C3CCC2C1(C)C)c1cc(N)cc(N)c1.CC.CC.CC.CC. The average molecular weight is 667 g/mol. The van der Waals surface area contributed by atoms with Crippen LogP contribution in [0.1, 0.15) is 186 Å². The van der Waals surface area contributed by atoms with Gasteiger partial charge in [-0.25, -0.2) is 0 Å². The monoisotopic (exact) mass is 667 g/mol. The van der Waals surface area contributed by atoms with Gasteiger partial charge in [-0.3, -0.25) is 0 Å². The lowest BCUT2D eigenvalue weighted by Crippen LogP contribution is -2.58. The Bertz CT molecular complexity index is 1050. The molecule has 1 aromatic rings. The Balaban J connectivity index is 0.00000134. The minimum atomic E-state index is 0.330. The highest BCUT2D eigenvalue weighted by Crippen LogP contribution is 2.71. The Morgan fingerprint density at radius 1 is 0.708 bits per heavy atom. The molecule has 5 rings (SSSR count). The summed E-state index contributed by atoms with van der Waals surface area (Å²) in [5.74, 6) is 7.05. The first kappa shape index (κ1) is 44.6. The van der Waals surface area contributed by atoms with Crippen LogP contribution in [0.25, 0.3) is 5.57 Å².